The quantitative estimate of drug-likeness (QED) is 0.843. The lowest BCUT2D eigenvalue weighted by Crippen LogP contribution is -2.27. The number of ketones is 1. The summed E-state index contributed by atoms with van der Waals surface area (Å²) in [7, 11) is 1.87. The highest BCUT2D eigenvalue weighted by atomic mass is 16.1. The van der Waals surface area contributed by atoms with Crippen LogP contribution in [0.5, 0.6) is 0 Å². The number of carbonyl (C=O) groups excluding carboxylic acids is 2. The lowest BCUT2D eigenvalue weighted by atomic mass is 10.0. The van der Waals surface area contributed by atoms with E-state index in [0.717, 1.165) is 16.9 Å². The van der Waals surface area contributed by atoms with Gasteiger partial charge in [-0.25, -0.2) is 4.99 Å². The Balaban J connectivity index is 2.42. The van der Waals surface area contributed by atoms with E-state index in [1.54, 1.807) is 13.0 Å². The first-order valence-corrected chi connectivity index (χ1v) is 7.00. The number of rotatable bonds is 3. The van der Waals surface area contributed by atoms with Crippen LogP contribution in [0.4, 0.5) is 11.4 Å². The number of hydrogen-bond donors (Lipinski definition) is 2. The molecule has 0 aliphatic heterocycles. The molecule has 114 valence electrons. The number of anilines is 1. The van der Waals surface area contributed by atoms with E-state index in [1.165, 1.54) is 13.0 Å². The fraction of sp³-hybridized carbons (Fsp3) is 0.235. The van der Waals surface area contributed by atoms with Crippen LogP contribution in [0.25, 0.3) is 0 Å². The molecule has 5 nitrogen and oxygen atoms in total. The van der Waals surface area contributed by atoms with E-state index in [1.807, 2.05) is 32.2 Å². The summed E-state index contributed by atoms with van der Waals surface area (Å²) in [5, 5.41) is 5.75. The Morgan fingerprint density at radius 2 is 1.91 bits per heavy atom. The summed E-state index contributed by atoms with van der Waals surface area (Å²) in [4.78, 5) is 27.6. The highest BCUT2D eigenvalue weighted by molar-refractivity contribution is 6.22. The Kier molecular flexibility index (Phi) is 4.56. The third-order valence-electron chi connectivity index (χ3n) is 3.33. The van der Waals surface area contributed by atoms with Crippen molar-refractivity contribution in [3.05, 3.63) is 47.2 Å². The number of hydrogen-bond acceptors (Lipinski definition) is 4. The maximum atomic E-state index is 11.8. The van der Waals surface area contributed by atoms with Gasteiger partial charge in [0, 0.05) is 25.7 Å². The Morgan fingerprint density at radius 3 is 2.50 bits per heavy atom. The molecule has 5 heteroatoms. The van der Waals surface area contributed by atoms with Crippen molar-refractivity contribution in [2.75, 3.05) is 12.4 Å². The Bertz CT molecular complexity index is 727. The third kappa shape index (κ3) is 3.49. The van der Waals surface area contributed by atoms with Crippen LogP contribution in [0.3, 0.4) is 0 Å². The van der Waals surface area contributed by atoms with E-state index in [9.17, 15) is 9.59 Å². The molecule has 22 heavy (non-hydrogen) atoms. The monoisotopic (exact) mass is 297 g/mol. The summed E-state index contributed by atoms with van der Waals surface area (Å²) >= 11 is 0. The minimum absolute atomic E-state index is 0.121. The van der Waals surface area contributed by atoms with E-state index in [-0.39, 0.29) is 11.7 Å². The van der Waals surface area contributed by atoms with E-state index >= 15 is 0 Å². The highest BCUT2D eigenvalue weighted by Crippen LogP contribution is 2.23. The standard InChI is InChI=1S/C17H19N3O2/c1-10-7-13(5-6-14(10)18-4)20-15-8-11(2)17(22)9-16(15)19-12(3)21/h5-9,18H,1-4H3,(H,19,21). The number of nitrogens with one attached hydrogen (secondary N) is 2. The van der Waals surface area contributed by atoms with Crippen molar-refractivity contribution >= 4 is 28.8 Å². The molecule has 0 spiro atoms. The first kappa shape index (κ1) is 15.7. The maximum absolute atomic E-state index is 11.8. The highest BCUT2D eigenvalue weighted by Gasteiger charge is 2.17. The number of aryl methyl sites for hydroxylation is 1. The van der Waals surface area contributed by atoms with E-state index < -0.39 is 0 Å². The molecule has 1 amide bonds. The van der Waals surface area contributed by atoms with Crippen molar-refractivity contribution in [3.8, 4) is 0 Å². The zero-order valence-electron chi connectivity index (χ0n) is 13.2. The number of allylic oxidation sites excluding steroid dienone is 3. The minimum Gasteiger partial charge on any atom is -0.388 e. The van der Waals surface area contributed by atoms with Crippen molar-refractivity contribution in [1.29, 1.82) is 0 Å². The van der Waals surface area contributed by atoms with Crippen molar-refractivity contribution in [3.63, 3.8) is 0 Å². The summed E-state index contributed by atoms with van der Waals surface area (Å²) in [6.45, 7) is 5.12. The lowest BCUT2D eigenvalue weighted by molar-refractivity contribution is -0.118. The van der Waals surface area contributed by atoms with Crippen molar-refractivity contribution in [2.45, 2.75) is 20.8 Å². The predicted molar refractivity (Wildman–Crippen MR) is 88.5 cm³/mol. The average Bonchev–Trinajstić information content (AvgIpc) is 2.44. The molecule has 1 aliphatic carbocycles. The molecule has 0 bridgehead atoms. The summed E-state index contributed by atoms with van der Waals surface area (Å²) in [6.07, 6.45) is 3.10. The Hall–Kier alpha value is -2.69. The molecule has 0 fully saturated rings. The first-order valence-electron chi connectivity index (χ1n) is 7.00. The van der Waals surface area contributed by atoms with Gasteiger partial charge in [0.25, 0.3) is 0 Å². The van der Waals surface area contributed by atoms with Gasteiger partial charge in [-0.1, -0.05) is 0 Å². The van der Waals surface area contributed by atoms with Crippen LogP contribution in [0.15, 0.2) is 46.6 Å². The second-order valence-corrected chi connectivity index (χ2v) is 5.18. The number of carbonyl (C=O) groups is 2. The molecule has 0 unspecified atom stereocenters. The summed E-state index contributed by atoms with van der Waals surface area (Å²) in [6, 6.07) is 5.78. The van der Waals surface area contributed by atoms with Crippen molar-refractivity contribution in [2.24, 2.45) is 4.99 Å². The second kappa shape index (κ2) is 6.39. The number of aliphatic imine (C=N–C) groups is 1. The van der Waals surface area contributed by atoms with Gasteiger partial charge in [0.2, 0.25) is 5.91 Å². The van der Waals surface area contributed by atoms with Gasteiger partial charge in [0.1, 0.15) is 0 Å². The largest absolute Gasteiger partial charge is 0.388 e. The Morgan fingerprint density at radius 1 is 1.18 bits per heavy atom. The second-order valence-electron chi connectivity index (χ2n) is 5.18. The van der Waals surface area contributed by atoms with Gasteiger partial charge in [0.15, 0.2) is 5.78 Å². The zero-order valence-corrected chi connectivity index (χ0v) is 13.2. The van der Waals surface area contributed by atoms with Crippen molar-refractivity contribution < 1.29 is 9.59 Å². The fourth-order valence-electron chi connectivity index (χ4n) is 2.19. The Labute approximate surface area is 129 Å². The average molecular weight is 297 g/mol. The van der Waals surface area contributed by atoms with Gasteiger partial charge >= 0.3 is 0 Å². The number of benzene rings is 1. The molecule has 0 saturated heterocycles. The molecule has 0 atom stereocenters. The van der Waals surface area contributed by atoms with E-state index in [2.05, 4.69) is 15.6 Å². The summed E-state index contributed by atoms with van der Waals surface area (Å²) < 4.78 is 0. The van der Waals surface area contributed by atoms with Crippen LogP contribution < -0.4 is 10.6 Å². The van der Waals surface area contributed by atoms with Gasteiger partial charge in [-0.2, -0.15) is 0 Å². The van der Waals surface area contributed by atoms with Crippen LogP contribution in [-0.2, 0) is 9.59 Å². The molecule has 2 N–H and O–H groups in total. The SMILES string of the molecule is CNc1ccc(N=C2C=C(C)C(=O)C=C2NC(C)=O)cc1C. The lowest BCUT2D eigenvalue weighted by Gasteiger charge is -2.14. The maximum Gasteiger partial charge on any atom is 0.221 e. The van der Waals surface area contributed by atoms with Gasteiger partial charge in [-0.05, 0) is 49.3 Å². The first-order chi connectivity index (χ1) is 10.4. The molecular weight excluding hydrogens is 278 g/mol. The summed E-state index contributed by atoms with van der Waals surface area (Å²) in [5.74, 6) is -0.356. The third-order valence-corrected chi connectivity index (χ3v) is 3.33. The van der Waals surface area contributed by atoms with Gasteiger partial charge < -0.3 is 10.6 Å². The number of amides is 1. The van der Waals surface area contributed by atoms with Gasteiger partial charge in [-0.3, -0.25) is 9.59 Å². The molecule has 0 saturated carbocycles. The van der Waals surface area contributed by atoms with E-state index in [4.69, 9.17) is 0 Å². The molecular formula is C17H19N3O2. The minimum atomic E-state index is -0.235. The molecule has 2 rings (SSSR count). The topological polar surface area (TPSA) is 70.6 Å². The van der Waals surface area contributed by atoms with Gasteiger partial charge in [0.05, 0.1) is 17.1 Å². The van der Waals surface area contributed by atoms with Crippen LogP contribution >= 0.6 is 0 Å². The predicted octanol–water partition coefficient (Wildman–Crippen LogP) is 2.66. The van der Waals surface area contributed by atoms with Crippen LogP contribution in [0.1, 0.15) is 19.4 Å². The molecule has 1 aromatic carbocycles. The summed E-state index contributed by atoms with van der Waals surface area (Å²) in [5.41, 5.74) is 4.47. The molecule has 0 aromatic heterocycles. The van der Waals surface area contributed by atoms with Crippen molar-refractivity contribution in [1.82, 2.24) is 5.32 Å². The number of nitrogens with zero attached hydrogens (tertiary/aromatic N) is 1. The zero-order chi connectivity index (χ0) is 16.3. The normalized spacial score (nSPS) is 16.2. The van der Waals surface area contributed by atoms with E-state index in [0.29, 0.717) is 17.0 Å². The van der Waals surface area contributed by atoms with Crippen LogP contribution in [-0.4, -0.2) is 24.4 Å². The molecule has 1 aromatic rings. The van der Waals surface area contributed by atoms with Crippen LogP contribution in [0, 0.1) is 6.92 Å². The smallest absolute Gasteiger partial charge is 0.221 e. The van der Waals surface area contributed by atoms with Crippen LogP contribution in [0.2, 0.25) is 0 Å². The molecule has 1 aliphatic rings. The van der Waals surface area contributed by atoms with Gasteiger partial charge in [-0.15, -0.1) is 0 Å². The molecule has 0 radical (unpaired) electrons. The fourth-order valence-corrected chi connectivity index (χ4v) is 2.19. The molecule has 0 heterocycles.